The van der Waals surface area contributed by atoms with Gasteiger partial charge in [0.25, 0.3) is 5.91 Å². The number of benzene rings is 2. The van der Waals surface area contributed by atoms with Crippen molar-refractivity contribution >= 4 is 46.0 Å². The molecule has 6 heteroatoms. The maximum Gasteiger partial charge on any atom is 0.270 e. The maximum atomic E-state index is 12.6. The van der Waals surface area contributed by atoms with Gasteiger partial charge in [-0.2, -0.15) is 0 Å². The van der Waals surface area contributed by atoms with E-state index in [1.54, 1.807) is 25.3 Å². The van der Waals surface area contributed by atoms with Crippen LogP contribution in [0.25, 0.3) is 6.08 Å². The second kappa shape index (κ2) is 6.44. The summed E-state index contributed by atoms with van der Waals surface area (Å²) in [4.78, 5) is 14.6. The van der Waals surface area contributed by atoms with Crippen molar-refractivity contribution in [3.8, 4) is 11.5 Å². The van der Waals surface area contributed by atoms with E-state index in [-0.39, 0.29) is 11.7 Å². The van der Waals surface area contributed by atoms with Crippen LogP contribution in [-0.4, -0.2) is 22.4 Å². The monoisotopic (exact) mass is 343 g/mol. The van der Waals surface area contributed by atoms with Crippen molar-refractivity contribution in [2.45, 2.75) is 0 Å². The first kappa shape index (κ1) is 15.6. The first-order valence-electron chi connectivity index (χ1n) is 6.79. The Kier molecular flexibility index (Phi) is 4.36. The van der Waals surface area contributed by atoms with Crippen LogP contribution in [0.4, 0.5) is 5.69 Å². The number of nitrogens with zero attached hydrogens (tertiary/aromatic N) is 1. The lowest BCUT2D eigenvalue weighted by atomic mass is 10.2. The summed E-state index contributed by atoms with van der Waals surface area (Å²) in [6.45, 7) is 0. The molecule has 1 amide bonds. The fourth-order valence-corrected chi connectivity index (χ4v) is 3.47. The lowest BCUT2D eigenvalue weighted by molar-refractivity contribution is -0.113. The van der Waals surface area contributed by atoms with E-state index in [4.69, 9.17) is 17.0 Å². The van der Waals surface area contributed by atoms with Crippen LogP contribution >= 0.6 is 24.0 Å². The van der Waals surface area contributed by atoms with Gasteiger partial charge in [0, 0.05) is 0 Å². The van der Waals surface area contributed by atoms with Gasteiger partial charge in [-0.25, -0.2) is 0 Å². The number of thiocarbonyl (C=S) groups is 1. The minimum Gasteiger partial charge on any atom is -0.508 e. The van der Waals surface area contributed by atoms with Crippen LogP contribution in [0.15, 0.2) is 53.4 Å². The SMILES string of the molecule is COc1cccc(/C=C2/SC(=S)N(c3ccc(O)cc3)C2=O)c1. The Bertz CT molecular complexity index is 800. The molecule has 0 aromatic heterocycles. The average Bonchev–Trinajstić information content (AvgIpc) is 2.83. The zero-order valence-corrected chi connectivity index (χ0v) is 13.9. The Hall–Kier alpha value is -2.31. The second-order valence-corrected chi connectivity index (χ2v) is 6.49. The van der Waals surface area contributed by atoms with Crippen molar-refractivity contribution in [3.05, 3.63) is 59.0 Å². The Morgan fingerprint density at radius 3 is 2.65 bits per heavy atom. The molecule has 0 unspecified atom stereocenters. The van der Waals surface area contributed by atoms with Crippen molar-refractivity contribution in [3.63, 3.8) is 0 Å². The number of phenols is 1. The molecular weight excluding hydrogens is 330 g/mol. The van der Waals surface area contributed by atoms with Gasteiger partial charge in [-0.05, 0) is 48.0 Å². The second-order valence-electron chi connectivity index (χ2n) is 4.81. The number of hydrogen-bond donors (Lipinski definition) is 1. The van der Waals surface area contributed by atoms with Gasteiger partial charge in [0.05, 0.1) is 17.7 Å². The highest BCUT2D eigenvalue weighted by Gasteiger charge is 2.33. The lowest BCUT2D eigenvalue weighted by Gasteiger charge is -2.14. The molecule has 1 aliphatic rings. The molecule has 3 rings (SSSR count). The number of thioether (sulfide) groups is 1. The Morgan fingerprint density at radius 1 is 1.22 bits per heavy atom. The van der Waals surface area contributed by atoms with Crippen molar-refractivity contribution < 1.29 is 14.6 Å². The van der Waals surface area contributed by atoms with Crippen LogP contribution in [0.5, 0.6) is 11.5 Å². The Labute approximate surface area is 143 Å². The van der Waals surface area contributed by atoms with Gasteiger partial charge in [0.1, 0.15) is 11.5 Å². The molecular formula is C17H13NO3S2. The van der Waals surface area contributed by atoms with Crippen molar-refractivity contribution in [1.29, 1.82) is 0 Å². The van der Waals surface area contributed by atoms with Crippen LogP contribution < -0.4 is 9.64 Å². The summed E-state index contributed by atoms with van der Waals surface area (Å²) in [6.07, 6.45) is 1.79. The summed E-state index contributed by atoms with van der Waals surface area (Å²) in [5.41, 5.74) is 1.51. The predicted octanol–water partition coefficient (Wildman–Crippen LogP) is 3.81. The number of amides is 1. The van der Waals surface area contributed by atoms with E-state index in [2.05, 4.69) is 0 Å². The Balaban J connectivity index is 1.91. The van der Waals surface area contributed by atoms with E-state index >= 15 is 0 Å². The third kappa shape index (κ3) is 3.23. The quantitative estimate of drug-likeness (QED) is 0.678. The molecule has 2 aromatic rings. The van der Waals surface area contributed by atoms with Crippen molar-refractivity contribution in [2.75, 3.05) is 12.0 Å². The van der Waals surface area contributed by atoms with Gasteiger partial charge >= 0.3 is 0 Å². The van der Waals surface area contributed by atoms with Crippen molar-refractivity contribution in [2.24, 2.45) is 0 Å². The van der Waals surface area contributed by atoms with E-state index < -0.39 is 0 Å². The van der Waals surface area contributed by atoms with Crippen LogP contribution in [0.3, 0.4) is 0 Å². The third-order valence-electron chi connectivity index (χ3n) is 3.29. The summed E-state index contributed by atoms with van der Waals surface area (Å²) >= 11 is 6.57. The average molecular weight is 343 g/mol. The molecule has 0 saturated carbocycles. The largest absolute Gasteiger partial charge is 0.508 e. The van der Waals surface area contributed by atoms with Gasteiger partial charge in [-0.1, -0.05) is 36.1 Å². The Morgan fingerprint density at radius 2 is 1.96 bits per heavy atom. The number of aromatic hydroxyl groups is 1. The fourth-order valence-electron chi connectivity index (χ4n) is 2.17. The number of hydrogen-bond acceptors (Lipinski definition) is 5. The number of anilines is 1. The number of carbonyl (C=O) groups is 1. The van der Waals surface area contributed by atoms with Gasteiger partial charge in [-0.3, -0.25) is 9.69 Å². The maximum absolute atomic E-state index is 12.6. The normalized spacial score (nSPS) is 16.2. The molecule has 23 heavy (non-hydrogen) atoms. The van der Waals surface area contributed by atoms with E-state index in [1.807, 2.05) is 24.3 Å². The summed E-state index contributed by atoms with van der Waals surface area (Å²) in [5, 5.41) is 9.36. The number of phenolic OH excluding ortho intramolecular Hbond substituents is 1. The molecule has 1 N–H and O–H groups in total. The lowest BCUT2D eigenvalue weighted by Crippen LogP contribution is -2.27. The summed E-state index contributed by atoms with van der Waals surface area (Å²) in [5.74, 6) is 0.701. The molecule has 1 saturated heterocycles. The molecule has 1 fully saturated rings. The molecule has 0 radical (unpaired) electrons. The molecule has 1 heterocycles. The zero-order chi connectivity index (χ0) is 16.4. The molecule has 2 aromatic carbocycles. The van der Waals surface area contributed by atoms with E-state index in [0.717, 1.165) is 11.3 Å². The topological polar surface area (TPSA) is 49.8 Å². The standard InChI is InChI=1S/C17H13NO3S2/c1-21-14-4-2-3-11(9-14)10-15-16(20)18(17(22)23-15)12-5-7-13(19)8-6-12/h2-10,19H,1H3/b15-10+. The number of rotatable bonds is 3. The number of methoxy groups -OCH3 is 1. The van der Waals surface area contributed by atoms with Gasteiger partial charge in [0.15, 0.2) is 4.32 Å². The zero-order valence-electron chi connectivity index (χ0n) is 12.2. The summed E-state index contributed by atoms with van der Waals surface area (Å²) < 4.78 is 5.66. The van der Waals surface area contributed by atoms with Crippen molar-refractivity contribution in [1.82, 2.24) is 0 Å². The molecule has 4 nitrogen and oxygen atoms in total. The summed E-state index contributed by atoms with van der Waals surface area (Å²) in [6, 6.07) is 13.8. The highest BCUT2D eigenvalue weighted by atomic mass is 32.2. The summed E-state index contributed by atoms with van der Waals surface area (Å²) in [7, 11) is 1.60. The van der Waals surface area contributed by atoms with Crippen LogP contribution in [0, 0.1) is 0 Å². The highest BCUT2D eigenvalue weighted by molar-refractivity contribution is 8.27. The minimum absolute atomic E-state index is 0.145. The molecule has 1 aliphatic heterocycles. The van der Waals surface area contributed by atoms with E-state index in [0.29, 0.717) is 14.9 Å². The molecule has 0 bridgehead atoms. The van der Waals surface area contributed by atoms with E-state index in [1.165, 1.54) is 28.8 Å². The highest BCUT2D eigenvalue weighted by Crippen LogP contribution is 2.36. The molecule has 0 spiro atoms. The minimum atomic E-state index is -0.173. The first-order valence-corrected chi connectivity index (χ1v) is 8.02. The molecule has 0 atom stereocenters. The van der Waals surface area contributed by atoms with Gasteiger partial charge in [0.2, 0.25) is 0 Å². The van der Waals surface area contributed by atoms with E-state index in [9.17, 15) is 9.90 Å². The smallest absolute Gasteiger partial charge is 0.270 e. The fraction of sp³-hybridized carbons (Fsp3) is 0.0588. The van der Waals surface area contributed by atoms with Crippen LogP contribution in [0.2, 0.25) is 0 Å². The van der Waals surface area contributed by atoms with Gasteiger partial charge < -0.3 is 9.84 Å². The number of carbonyl (C=O) groups excluding carboxylic acids is 1. The van der Waals surface area contributed by atoms with Crippen LogP contribution in [0.1, 0.15) is 5.56 Å². The number of ether oxygens (including phenoxy) is 1. The predicted molar refractivity (Wildman–Crippen MR) is 96.8 cm³/mol. The third-order valence-corrected chi connectivity index (χ3v) is 4.60. The van der Waals surface area contributed by atoms with Crippen LogP contribution in [-0.2, 0) is 4.79 Å². The van der Waals surface area contributed by atoms with Gasteiger partial charge in [-0.15, -0.1) is 0 Å². The first-order chi connectivity index (χ1) is 11.1. The molecule has 0 aliphatic carbocycles. The molecule has 116 valence electrons.